The van der Waals surface area contributed by atoms with E-state index in [1.165, 1.54) is 12.8 Å². The number of halogens is 1. The Kier molecular flexibility index (Phi) is 4.39. The van der Waals surface area contributed by atoms with Crippen LogP contribution in [0.2, 0.25) is 0 Å². The molecule has 1 aromatic heterocycles. The van der Waals surface area contributed by atoms with Crippen molar-refractivity contribution in [2.45, 2.75) is 32.2 Å². The quantitative estimate of drug-likeness (QED) is 0.882. The highest BCUT2D eigenvalue weighted by atomic mass is 79.9. The zero-order chi connectivity index (χ0) is 9.68. The number of unbranched alkanes of at least 4 members (excludes halogenated alkanes) is 1. The van der Waals surface area contributed by atoms with Gasteiger partial charge in [0.25, 0.3) is 0 Å². The molecule has 1 rings (SSSR count). The molecule has 72 valence electrons. The van der Waals surface area contributed by atoms with Crippen LogP contribution < -0.4 is 5.73 Å². The molecule has 1 aromatic rings. The van der Waals surface area contributed by atoms with Gasteiger partial charge in [0.05, 0.1) is 5.69 Å². The van der Waals surface area contributed by atoms with Crippen molar-refractivity contribution >= 4 is 15.9 Å². The van der Waals surface area contributed by atoms with Crippen LogP contribution in [0.3, 0.4) is 0 Å². The van der Waals surface area contributed by atoms with Gasteiger partial charge in [-0.1, -0.05) is 19.8 Å². The van der Waals surface area contributed by atoms with Gasteiger partial charge in [0.2, 0.25) is 0 Å². The summed E-state index contributed by atoms with van der Waals surface area (Å²) in [5.41, 5.74) is 6.94. The van der Waals surface area contributed by atoms with Crippen molar-refractivity contribution in [2.24, 2.45) is 5.73 Å². The average Bonchev–Trinajstić information content (AvgIpc) is 2.15. The standard InChI is InChI=1S/C10H15BrN2/c1-2-3-4-9(12)10-6-5-8(11)7-13-10/h5-7,9H,2-4,12H2,1H3. The van der Waals surface area contributed by atoms with E-state index in [4.69, 9.17) is 5.73 Å². The van der Waals surface area contributed by atoms with E-state index in [-0.39, 0.29) is 6.04 Å². The number of hydrogen-bond donors (Lipinski definition) is 1. The third-order valence-corrected chi connectivity index (χ3v) is 2.47. The van der Waals surface area contributed by atoms with E-state index < -0.39 is 0 Å². The minimum atomic E-state index is 0.0908. The van der Waals surface area contributed by atoms with E-state index in [2.05, 4.69) is 27.8 Å². The van der Waals surface area contributed by atoms with Crippen LogP contribution in [0.5, 0.6) is 0 Å². The van der Waals surface area contributed by atoms with Crippen molar-refractivity contribution in [3.63, 3.8) is 0 Å². The summed E-state index contributed by atoms with van der Waals surface area (Å²) in [6.45, 7) is 2.17. The van der Waals surface area contributed by atoms with Crippen molar-refractivity contribution in [3.05, 3.63) is 28.5 Å². The summed E-state index contributed by atoms with van der Waals surface area (Å²) < 4.78 is 0.999. The Hall–Kier alpha value is -0.410. The van der Waals surface area contributed by atoms with Crippen molar-refractivity contribution in [1.82, 2.24) is 4.98 Å². The van der Waals surface area contributed by atoms with Gasteiger partial charge in [0, 0.05) is 16.7 Å². The van der Waals surface area contributed by atoms with Crippen molar-refractivity contribution in [2.75, 3.05) is 0 Å². The van der Waals surface area contributed by atoms with Crippen LogP contribution in [0, 0.1) is 0 Å². The fraction of sp³-hybridized carbons (Fsp3) is 0.500. The van der Waals surface area contributed by atoms with Crippen molar-refractivity contribution in [3.8, 4) is 0 Å². The first-order chi connectivity index (χ1) is 6.24. The summed E-state index contributed by atoms with van der Waals surface area (Å²) in [6, 6.07) is 4.05. The normalized spacial score (nSPS) is 12.8. The molecular weight excluding hydrogens is 228 g/mol. The lowest BCUT2D eigenvalue weighted by molar-refractivity contribution is 0.590. The predicted molar refractivity (Wildman–Crippen MR) is 58.4 cm³/mol. The number of aromatic nitrogens is 1. The maximum atomic E-state index is 5.95. The molecule has 0 bridgehead atoms. The number of nitrogens with two attached hydrogens (primary N) is 1. The molecule has 0 aliphatic carbocycles. The van der Waals surface area contributed by atoms with Crippen LogP contribution >= 0.6 is 15.9 Å². The van der Waals surface area contributed by atoms with E-state index in [1.54, 1.807) is 6.20 Å². The van der Waals surface area contributed by atoms with Crippen LogP contribution in [0.15, 0.2) is 22.8 Å². The fourth-order valence-corrected chi connectivity index (χ4v) is 1.41. The Balaban J connectivity index is 2.55. The molecule has 13 heavy (non-hydrogen) atoms. The second kappa shape index (κ2) is 5.35. The van der Waals surface area contributed by atoms with E-state index in [9.17, 15) is 0 Å². The molecular formula is C10H15BrN2. The van der Waals surface area contributed by atoms with Gasteiger partial charge in [-0.15, -0.1) is 0 Å². The summed E-state index contributed by atoms with van der Waals surface area (Å²) in [6.07, 6.45) is 5.16. The first-order valence-electron chi connectivity index (χ1n) is 4.61. The molecule has 0 aliphatic heterocycles. The first kappa shape index (κ1) is 10.7. The van der Waals surface area contributed by atoms with E-state index in [0.29, 0.717) is 0 Å². The predicted octanol–water partition coefficient (Wildman–Crippen LogP) is 3.03. The van der Waals surface area contributed by atoms with Crippen LogP contribution in [0.25, 0.3) is 0 Å². The molecule has 0 saturated carbocycles. The smallest absolute Gasteiger partial charge is 0.0571 e. The molecule has 1 unspecified atom stereocenters. The van der Waals surface area contributed by atoms with Crippen LogP contribution in [-0.2, 0) is 0 Å². The molecule has 0 fully saturated rings. The maximum absolute atomic E-state index is 5.95. The Morgan fingerprint density at radius 2 is 2.31 bits per heavy atom. The Bertz CT molecular complexity index is 246. The van der Waals surface area contributed by atoms with Crippen LogP contribution in [-0.4, -0.2) is 4.98 Å². The van der Waals surface area contributed by atoms with Crippen molar-refractivity contribution < 1.29 is 0 Å². The SMILES string of the molecule is CCCCC(N)c1ccc(Br)cn1. The maximum Gasteiger partial charge on any atom is 0.0571 e. The van der Waals surface area contributed by atoms with Crippen LogP contribution in [0.4, 0.5) is 0 Å². The lowest BCUT2D eigenvalue weighted by Crippen LogP contribution is -2.11. The third-order valence-electron chi connectivity index (χ3n) is 2.00. The molecule has 2 N–H and O–H groups in total. The summed E-state index contributed by atoms with van der Waals surface area (Å²) in [4.78, 5) is 4.26. The number of nitrogens with zero attached hydrogens (tertiary/aromatic N) is 1. The minimum Gasteiger partial charge on any atom is -0.323 e. The molecule has 3 heteroatoms. The van der Waals surface area contributed by atoms with Gasteiger partial charge < -0.3 is 5.73 Å². The number of pyridine rings is 1. The number of rotatable bonds is 4. The molecule has 0 radical (unpaired) electrons. The minimum absolute atomic E-state index is 0.0908. The highest BCUT2D eigenvalue weighted by molar-refractivity contribution is 9.10. The van der Waals surface area contributed by atoms with Gasteiger partial charge in [-0.05, 0) is 34.5 Å². The van der Waals surface area contributed by atoms with Gasteiger partial charge in [0.1, 0.15) is 0 Å². The van der Waals surface area contributed by atoms with E-state index >= 15 is 0 Å². The number of hydrogen-bond acceptors (Lipinski definition) is 2. The highest BCUT2D eigenvalue weighted by Crippen LogP contribution is 2.16. The molecule has 0 amide bonds. The zero-order valence-electron chi connectivity index (χ0n) is 7.83. The summed E-state index contributed by atoms with van der Waals surface area (Å²) >= 11 is 3.34. The van der Waals surface area contributed by atoms with Gasteiger partial charge in [-0.2, -0.15) is 0 Å². The largest absolute Gasteiger partial charge is 0.323 e. The molecule has 1 heterocycles. The second-order valence-electron chi connectivity index (χ2n) is 3.15. The lowest BCUT2D eigenvalue weighted by atomic mass is 10.1. The average molecular weight is 243 g/mol. The Morgan fingerprint density at radius 3 is 2.85 bits per heavy atom. The van der Waals surface area contributed by atoms with Crippen molar-refractivity contribution in [1.29, 1.82) is 0 Å². The van der Waals surface area contributed by atoms with Gasteiger partial charge >= 0.3 is 0 Å². The highest BCUT2D eigenvalue weighted by Gasteiger charge is 2.05. The van der Waals surface area contributed by atoms with Gasteiger partial charge in [0.15, 0.2) is 0 Å². The molecule has 1 atom stereocenters. The summed E-state index contributed by atoms with van der Waals surface area (Å²) in [5.74, 6) is 0. The van der Waals surface area contributed by atoms with Gasteiger partial charge in [-0.3, -0.25) is 4.98 Å². The van der Waals surface area contributed by atoms with Gasteiger partial charge in [-0.25, -0.2) is 0 Å². The zero-order valence-corrected chi connectivity index (χ0v) is 9.42. The summed E-state index contributed by atoms with van der Waals surface area (Å²) in [7, 11) is 0. The fourth-order valence-electron chi connectivity index (χ4n) is 1.18. The Labute approximate surface area is 87.7 Å². The lowest BCUT2D eigenvalue weighted by Gasteiger charge is -2.09. The topological polar surface area (TPSA) is 38.9 Å². The second-order valence-corrected chi connectivity index (χ2v) is 4.07. The summed E-state index contributed by atoms with van der Waals surface area (Å²) in [5, 5.41) is 0. The molecule has 0 saturated heterocycles. The Morgan fingerprint density at radius 1 is 1.54 bits per heavy atom. The van der Waals surface area contributed by atoms with Crippen LogP contribution in [0.1, 0.15) is 37.9 Å². The molecule has 0 aromatic carbocycles. The molecule has 0 spiro atoms. The monoisotopic (exact) mass is 242 g/mol. The molecule has 0 aliphatic rings. The van der Waals surface area contributed by atoms with E-state index in [0.717, 1.165) is 16.6 Å². The van der Waals surface area contributed by atoms with E-state index in [1.807, 2.05) is 12.1 Å². The molecule has 2 nitrogen and oxygen atoms in total. The third kappa shape index (κ3) is 3.44. The first-order valence-corrected chi connectivity index (χ1v) is 5.40.